The van der Waals surface area contributed by atoms with E-state index in [2.05, 4.69) is 4.90 Å². The maximum absolute atomic E-state index is 13.6. The molecule has 0 amide bonds. The summed E-state index contributed by atoms with van der Waals surface area (Å²) in [5.41, 5.74) is 1.45. The van der Waals surface area contributed by atoms with Gasteiger partial charge in [-0.05, 0) is 48.6 Å². The summed E-state index contributed by atoms with van der Waals surface area (Å²) in [6.07, 6.45) is 3.61. The topological polar surface area (TPSA) is 40.5 Å². The minimum Gasteiger partial charge on any atom is -0.478 e. The summed E-state index contributed by atoms with van der Waals surface area (Å²) in [5.74, 6) is 0.945. The number of rotatable bonds is 5. The summed E-state index contributed by atoms with van der Waals surface area (Å²) in [6.45, 7) is 0.677. The van der Waals surface area contributed by atoms with Gasteiger partial charge in [0.1, 0.15) is 5.82 Å². The van der Waals surface area contributed by atoms with Gasteiger partial charge in [0, 0.05) is 24.4 Å². The molecule has 0 aromatic heterocycles. The molecule has 0 radical (unpaired) electrons. The van der Waals surface area contributed by atoms with Gasteiger partial charge in [-0.2, -0.15) is 11.8 Å². The van der Waals surface area contributed by atoms with E-state index < -0.39 is 5.97 Å². The first kappa shape index (κ1) is 15.1. The van der Waals surface area contributed by atoms with Crippen molar-refractivity contribution in [2.45, 2.75) is 19.0 Å². The van der Waals surface area contributed by atoms with Gasteiger partial charge >= 0.3 is 5.97 Å². The fourth-order valence-corrected chi connectivity index (χ4v) is 3.62. The smallest absolute Gasteiger partial charge is 0.328 e. The maximum Gasteiger partial charge on any atom is 0.328 e. The van der Waals surface area contributed by atoms with Crippen LogP contribution in [0.15, 0.2) is 24.3 Å². The number of thioether (sulfide) groups is 1. The van der Waals surface area contributed by atoms with Crippen LogP contribution in [0.2, 0.25) is 0 Å². The number of carboxylic acids is 1. The molecule has 1 aliphatic rings. The van der Waals surface area contributed by atoms with Gasteiger partial charge in [0.2, 0.25) is 0 Å². The Morgan fingerprint density at radius 1 is 1.55 bits per heavy atom. The molecule has 1 aromatic carbocycles. The zero-order chi connectivity index (χ0) is 14.5. The van der Waals surface area contributed by atoms with Crippen LogP contribution in [-0.4, -0.2) is 40.6 Å². The van der Waals surface area contributed by atoms with Gasteiger partial charge < -0.3 is 5.11 Å². The predicted octanol–water partition coefficient (Wildman–Crippen LogP) is 2.86. The van der Waals surface area contributed by atoms with Crippen LogP contribution in [0.25, 0.3) is 6.08 Å². The van der Waals surface area contributed by atoms with E-state index >= 15 is 0 Å². The van der Waals surface area contributed by atoms with E-state index in [4.69, 9.17) is 5.11 Å². The second-order valence-corrected chi connectivity index (χ2v) is 6.15. The molecular weight excluding hydrogens is 277 g/mol. The minimum absolute atomic E-state index is 0.332. The molecule has 1 saturated heterocycles. The summed E-state index contributed by atoms with van der Waals surface area (Å²) >= 11 is 1.95. The summed E-state index contributed by atoms with van der Waals surface area (Å²) < 4.78 is 13.6. The number of benzene rings is 1. The van der Waals surface area contributed by atoms with Crippen molar-refractivity contribution in [2.24, 2.45) is 0 Å². The molecule has 3 nitrogen and oxygen atoms in total. The monoisotopic (exact) mass is 295 g/mol. The lowest BCUT2D eigenvalue weighted by atomic mass is 10.1. The van der Waals surface area contributed by atoms with Crippen LogP contribution in [0.4, 0.5) is 4.39 Å². The standard InChI is InChI=1S/C15H18FNO2S/c1-17(14-4-5-20-10-14)9-12-6-11(2-3-15(18)19)7-13(16)8-12/h2-3,6-8,14H,4-5,9-10H2,1H3,(H,18,19). The van der Waals surface area contributed by atoms with Gasteiger partial charge in [-0.1, -0.05) is 6.07 Å². The van der Waals surface area contributed by atoms with Crippen molar-refractivity contribution >= 4 is 23.8 Å². The highest BCUT2D eigenvalue weighted by Crippen LogP contribution is 2.23. The van der Waals surface area contributed by atoms with Crippen LogP contribution < -0.4 is 0 Å². The van der Waals surface area contributed by atoms with E-state index in [-0.39, 0.29) is 5.82 Å². The van der Waals surface area contributed by atoms with Crippen molar-refractivity contribution < 1.29 is 14.3 Å². The first-order chi connectivity index (χ1) is 9.54. The van der Waals surface area contributed by atoms with E-state index in [1.165, 1.54) is 30.4 Å². The van der Waals surface area contributed by atoms with Crippen LogP contribution in [0.1, 0.15) is 17.5 Å². The molecule has 1 fully saturated rings. The summed E-state index contributed by atoms with van der Waals surface area (Å²) in [4.78, 5) is 12.7. The first-order valence-corrected chi connectivity index (χ1v) is 7.68. The second-order valence-electron chi connectivity index (χ2n) is 5.00. The molecule has 1 aromatic rings. The fourth-order valence-electron chi connectivity index (χ4n) is 2.32. The van der Waals surface area contributed by atoms with Crippen molar-refractivity contribution in [3.8, 4) is 0 Å². The van der Waals surface area contributed by atoms with Gasteiger partial charge in [0.15, 0.2) is 0 Å². The van der Waals surface area contributed by atoms with Crippen molar-refractivity contribution in [2.75, 3.05) is 18.6 Å². The number of halogens is 1. The number of carbonyl (C=O) groups is 1. The van der Waals surface area contributed by atoms with Gasteiger partial charge in [-0.3, -0.25) is 4.90 Å². The molecule has 1 N–H and O–H groups in total. The molecule has 0 spiro atoms. The number of carboxylic acid groups (broad SMARTS) is 1. The Balaban J connectivity index is 2.08. The quantitative estimate of drug-likeness (QED) is 0.848. The molecule has 1 aliphatic heterocycles. The average Bonchev–Trinajstić information content (AvgIpc) is 2.89. The Labute approximate surface area is 122 Å². The highest BCUT2D eigenvalue weighted by Gasteiger charge is 2.20. The lowest BCUT2D eigenvalue weighted by Gasteiger charge is -2.23. The lowest BCUT2D eigenvalue weighted by molar-refractivity contribution is -0.131. The van der Waals surface area contributed by atoms with Gasteiger partial charge in [-0.15, -0.1) is 0 Å². The highest BCUT2D eigenvalue weighted by atomic mass is 32.2. The Bertz CT molecular complexity index is 513. The zero-order valence-electron chi connectivity index (χ0n) is 11.4. The summed E-state index contributed by atoms with van der Waals surface area (Å²) in [6, 6.07) is 5.23. The van der Waals surface area contributed by atoms with E-state index in [9.17, 15) is 9.18 Å². The van der Waals surface area contributed by atoms with Crippen LogP contribution in [-0.2, 0) is 11.3 Å². The van der Waals surface area contributed by atoms with Gasteiger partial charge in [-0.25, -0.2) is 9.18 Å². The van der Waals surface area contributed by atoms with Crippen molar-refractivity contribution in [1.82, 2.24) is 4.90 Å². The fraction of sp³-hybridized carbons (Fsp3) is 0.400. The highest BCUT2D eigenvalue weighted by molar-refractivity contribution is 7.99. The third-order valence-electron chi connectivity index (χ3n) is 3.36. The van der Waals surface area contributed by atoms with Crippen LogP contribution in [0.3, 0.4) is 0 Å². The molecule has 1 unspecified atom stereocenters. The van der Waals surface area contributed by atoms with Crippen molar-refractivity contribution in [3.63, 3.8) is 0 Å². The number of aliphatic carboxylic acids is 1. The van der Waals surface area contributed by atoms with E-state index in [1.807, 2.05) is 24.9 Å². The molecule has 5 heteroatoms. The third-order valence-corrected chi connectivity index (χ3v) is 4.50. The SMILES string of the molecule is CN(Cc1cc(F)cc(C=CC(=O)O)c1)C1CCSC1. The first-order valence-electron chi connectivity index (χ1n) is 6.53. The molecule has 2 rings (SSSR count). The number of nitrogens with zero attached hydrogens (tertiary/aromatic N) is 1. The van der Waals surface area contributed by atoms with E-state index in [1.54, 1.807) is 0 Å². The Kier molecular flexibility index (Phi) is 5.20. The molecule has 108 valence electrons. The van der Waals surface area contributed by atoms with E-state index in [0.29, 0.717) is 18.2 Å². The van der Waals surface area contributed by atoms with Crippen molar-refractivity contribution in [3.05, 3.63) is 41.2 Å². The molecule has 0 saturated carbocycles. The van der Waals surface area contributed by atoms with Crippen LogP contribution >= 0.6 is 11.8 Å². The van der Waals surface area contributed by atoms with Crippen LogP contribution in [0, 0.1) is 5.82 Å². The lowest BCUT2D eigenvalue weighted by Crippen LogP contribution is -2.30. The van der Waals surface area contributed by atoms with E-state index in [0.717, 1.165) is 17.4 Å². The molecule has 1 heterocycles. The predicted molar refractivity (Wildman–Crippen MR) is 80.3 cm³/mol. The average molecular weight is 295 g/mol. The molecule has 1 atom stereocenters. The second kappa shape index (κ2) is 6.90. The Morgan fingerprint density at radius 2 is 2.35 bits per heavy atom. The minimum atomic E-state index is -1.03. The zero-order valence-corrected chi connectivity index (χ0v) is 12.2. The third kappa shape index (κ3) is 4.35. The Morgan fingerprint density at radius 3 is 3.00 bits per heavy atom. The summed E-state index contributed by atoms with van der Waals surface area (Å²) in [5, 5.41) is 8.61. The normalized spacial score (nSPS) is 19.1. The Hall–Kier alpha value is -1.33. The molecule has 20 heavy (non-hydrogen) atoms. The molecule has 0 bridgehead atoms. The van der Waals surface area contributed by atoms with Gasteiger partial charge in [0.05, 0.1) is 0 Å². The van der Waals surface area contributed by atoms with Crippen LogP contribution in [0.5, 0.6) is 0 Å². The van der Waals surface area contributed by atoms with Gasteiger partial charge in [0.25, 0.3) is 0 Å². The largest absolute Gasteiger partial charge is 0.478 e. The molecule has 0 aliphatic carbocycles. The van der Waals surface area contributed by atoms with Crippen molar-refractivity contribution in [1.29, 1.82) is 0 Å². The maximum atomic E-state index is 13.6. The number of hydrogen-bond donors (Lipinski definition) is 1. The summed E-state index contributed by atoms with van der Waals surface area (Å²) in [7, 11) is 2.05. The molecular formula is C15H18FNO2S. The number of hydrogen-bond acceptors (Lipinski definition) is 3.